The number of carbonyl (C=O) groups excluding carboxylic acids is 1. The molecule has 2 saturated heterocycles. The van der Waals surface area contributed by atoms with Gasteiger partial charge in [-0.05, 0) is 62.1 Å². The number of ether oxygens (including phenoxy) is 1. The summed E-state index contributed by atoms with van der Waals surface area (Å²) in [5.41, 5.74) is -0.438. The zero-order chi connectivity index (χ0) is 25.2. The Bertz CT molecular complexity index is 869. The second-order valence-electron chi connectivity index (χ2n) is 10.9. The molecule has 1 saturated carbocycles. The third-order valence-electron chi connectivity index (χ3n) is 8.63. The molecule has 0 spiro atoms. The molecule has 8 heteroatoms. The van der Waals surface area contributed by atoms with E-state index < -0.39 is 11.7 Å². The highest BCUT2D eigenvalue weighted by atomic mass is 19.4. The summed E-state index contributed by atoms with van der Waals surface area (Å²) in [7, 11) is 0. The maximum atomic E-state index is 13.9. The fourth-order valence-electron chi connectivity index (χ4n) is 6.27. The number of hydrogen-bond acceptors (Lipinski definition) is 4. The highest BCUT2D eigenvalue weighted by Crippen LogP contribution is 2.46. The first-order chi connectivity index (χ1) is 16.6. The summed E-state index contributed by atoms with van der Waals surface area (Å²) in [4.78, 5) is 17.8. The lowest BCUT2D eigenvalue weighted by Crippen LogP contribution is -2.54. The Balaban J connectivity index is 1.38. The number of benzene rings is 1. The van der Waals surface area contributed by atoms with Crippen molar-refractivity contribution in [2.24, 2.45) is 17.3 Å². The summed E-state index contributed by atoms with van der Waals surface area (Å²) in [6, 6.07) is 6.27. The number of nitrogens with one attached hydrogen (secondary N) is 1. The minimum Gasteiger partial charge on any atom is -0.381 e. The molecule has 3 fully saturated rings. The van der Waals surface area contributed by atoms with Gasteiger partial charge in [-0.1, -0.05) is 26.8 Å². The molecule has 35 heavy (non-hydrogen) atoms. The summed E-state index contributed by atoms with van der Waals surface area (Å²) in [6.07, 6.45) is 0.498. The minimum atomic E-state index is -4.35. The lowest BCUT2D eigenvalue weighted by Gasteiger charge is -2.42. The molecule has 1 aliphatic carbocycles. The Morgan fingerprint density at radius 2 is 1.94 bits per heavy atom. The SMILES string of the molecule is CCC1COCCC1N[C@@H]1CC[C@@](C(=O)N2CCN(c3cccc(C(F)(F)F)c3)CC2)(C(C)C)C1. The van der Waals surface area contributed by atoms with Crippen LogP contribution in [0.5, 0.6) is 0 Å². The molecule has 4 atom stereocenters. The first kappa shape index (κ1) is 26.3. The van der Waals surface area contributed by atoms with Crippen molar-refractivity contribution in [2.75, 3.05) is 44.3 Å². The van der Waals surface area contributed by atoms with Gasteiger partial charge in [0.05, 0.1) is 17.6 Å². The Labute approximate surface area is 207 Å². The first-order valence-corrected chi connectivity index (χ1v) is 13.2. The van der Waals surface area contributed by atoms with Crippen LogP contribution in [0.1, 0.15) is 58.4 Å². The number of rotatable bonds is 6. The van der Waals surface area contributed by atoms with Crippen molar-refractivity contribution in [1.82, 2.24) is 10.2 Å². The molecule has 2 unspecified atom stereocenters. The molecule has 4 rings (SSSR count). The van der Waals surface area contributed by atoms with Crippen molar-refractivity contribution in [3.63, 3.8) is 0 Å². The van der Waals surface area contributed by atoms with Crippen LogP contribution >= 0.6 is 0 Å². The lowest BCUT2D eigenvalue weighted by atomic mass is 9.74. The molecule has 0 radical (unpaired) electrons. The van der Waals surface area contributed by atoms with E-state index in [4.69, 9.17) is 4.74 Å². The van der Waals surface area contributed by atoms with Crippen LogP contribution in [0.15, 0.2) is 24.3 Å². The van der Waals surface area contributed by atoms with Gasteiger partial charge in [0.15, 0.2) is 0 Å². The monoisotopic (exact) mass is 495 g/mol. The van der Waals surface area contributed by atoms with Gasteiger partial charge in [0, 0.05) is 50.6 Å². The summed E-state index contributed by atoms with van der Waals surface area (Å²) in [6.45, 7) is 10.3. The number of amides is 1. The highest BCUT2D eigenvalue weighted by Gasteiger charge is 2.50. The van der Waals surface area contributed by atoms with Gasteiger partial charge in [0.25, 0.3) is 0 Å². The van der Waals surface area contributed by atoms with E-state index in [1.54, 1.807) is 6.07 Å². The van der Waals surface area contributed by atoms with Gasteiger partial charge in [-0.3, -0.25) is 4.79 Å². The molecule has 2 aliphatic heterocycles. The molecule has 1 N–H and O–H groups in total. The largest absolute Gasteiger partial charge is 0.416 e. The Hall–Kier alpha value is -1.80. The van der Waals surface area contributed by atoms with Gasteiger partial charge in [-0.25, -0.2) is 0 Å². The zero-order valence-corrected chi connectivity index (χ0v) is 21.2. The van der Waals surface area contributed by atoms with E-state index in [0.29, 0.717) is 49.9 Å². The van der Waals surface area contributed by atoms with Crippen molar-refractivity contribution < 1.29 is 22.7 Å². The van der Waals surface area contributed by atoms with Crippen molar-refractivity contribution in [3.05, 3.63) is 29.8 Å². The minimum absolute atomic E-state index is 0.222. The van der Waals surface area contributed by atoms with Crippen molar-refractivity contribution >= 4 is 11.6 Å². The average Bonchev–Trinajstić information content (AvgIpc) is 3.29. The molecule has 196 valence electrons. The van der Waals surface area contributed by atoms with E-state index in [9.17, 15) is 18.0 Å². The van der Waals surface area contributed by atoms with Crippen LogP contribution in [0, 0.1) is 17.3 Å². The van der Waals surface area contributed by atoms with Gasteiger partial charge < -0.3 is 19.9 Å². The van der Waals surface area contributed by atoms with E-state index in [-0.39, 0.29) is 17.2 Å². The van der Waals surface area contributed by atoms with Crippen LogP contribution in [-0.4, -0.2) is 62.3 Å². The Morgan fingerprint density at radius 1 is 1.20 bits per heavy atom. The van der Waals surface area contributed by atoms with E-state index >= 15 is 0 Å². The van der Waals surface area contributed by atoms with Crippen molar-refractivity contribution in [3.8, 4) is 0 Å². The van der Waals surface area contributed by atoms with Crippen molar-refractivity contribution in [1.29, 1.82) is 0 Å². The molecular formula is C27H40F3N3O2. The number of halogens is 3. The number of carbonyl (C=O) groups is 1. The first-order valence-electron chi connectivity index (χ1n) is 13.2. The second-order valence-corrected chi connectivity index (χ2v) is 10.9. The highest BCUT2D eigenvalue weighted by molar-refractivity contribution is 5.84. The van der Waals surface area contributed by atoms with Crippen LogP contribution in [0.3, 0.4) is 0 Å². The van der Waals surface area contributed by atoms with Crippen LogP contribution in [0.4, 0.5) is 18.9 Å². The molecule has 5 nitrogen and oxygen atoms in total. The van der Waals surface area contributed by atoms with E-state index in [1.165, 1.54) is 12.1 Å². The van der Waals surface area contributed by atoms with Crippen LogP contribution in [0.2, 0.25) is 0 Å². The average molecular weight is 496 g/mol. The predicted molar refractivity (Wildman–Crippen MR) is 131 cm³/mol. The van der Waals surface area contributed by atoms with Crippen LogP contribution in [0.25, 0.3) is 0 Å². The molecule has 3 aliphatic rings. The lowest BCUT2D eigenvalue weighted by molar-refractivity contribution is -0.145. The van der Waals surface area contributed by atoms with Gasteiger partial charge in [-0.2, -0.15) is 13.2 Å². The maximum Gasteiger partial charge on any atom is 0.416 e. The van der Waals surface area contributed by atoms with Crippen LogP contribution in [-0.2, 0) is 15.7 Å². The van der Waals surface area contributed by atoms with Gasteiger partial charge in [-0.15, -0.1) is 0 Å². The topological polar surface area (TPSA) is 44.8 Å². The maximum absolute atomic E-state index is 13.9. The van der Waals surface area contributed by atoms with E-state index in [2.05, 4.69) is 26.1 Å². The number of hydrogen-bond donors (Lipinski definition) is 1. The fraction of sp³-hybridized carbons (Fsp3) is 0.741. The van der Waals surface area contributed by atoms with E-state index in [1.807, 2.05) is 9.80 Å². The molecule has 2 heterocycles. The number of piperazine rings is 1. The van der Waals surface area contributed by atoms with Gasteiger partial charge in [0.1, 0.15) is 0 Å². The Kier molecular flexibility index (Phi) is 8.01. The molecule has 1 aromatic rings. The molecule has 1 aromatic carbocycles. The van der Waals surface area contributed by atoms with Gasteiger partial charge >= 0.3 is 6.18 Å². The number of alkyl halides is 3. The molecule has 0 bridgehead atoms. The fourth-order valence-corrected chi connectivity index (χ4v) is 6.27. The number of anilines is 1. The third kappa shape index (κ3) is 5.63. The normalized spacial score (nSPS) is 30.2. The third-order valence-corrected chi connectivity index (χ3v) is 8.63. The van der Waals surface area contributed by atoms with Crippen molar-refractivity contribution in [2.45, 2.75) is 71.1 Å². The predicted octanol–water partition coefficient (Wildman–Crippen LogP) is 4.95. The number of nitrogens with zero attached hydrogens (tertiary/aromatic N) is 2. The summed E-state index contributed by atoms with van der Waals surface area (Å²) in [5, 5.41) is 3.88. The summed E-state index contributed by atoms with van der Waals surface area (Å²) in [5.74, 6) is 0.983. The molecular weight excluding hydrogens is 455 g/mol. The molecule has 1 amide bonds. The summed E-state index contributed by atoms with van der Waals surface area (Å²) >= 11 is 0. The Morgan fingerprint density at radius 3 is 2.60 bits per heavy atom. The smallest absolute Gasteiger partial charge is 0.381 e. The quantitative estimate of drug-likeness (QED) is 0.606. The van der Waals surface area contributed by atoms with Gasteiger partial charge in [0.2, 0.25) is 5.91 Å². The van der Waals surface area contributed by atoms with Crippen LogP contribution < -0.4 is 10.2 Å². The molecule has 0 aromatic heterocycles. The second kappa shape index (κ2) is 10.7. The zero-order valence-electron chi connectivity index (χ0n) is 21.2. The summed E-state index contributed by atoms with van der Waals surface area (Å²) < 4.78 is 45.1. The van der Waals surface area contributed by atoms with E-state index in [0.717, 1.165) is 51.4 Å². The standard InChI is InChI=1S/C27H40F3N3O2/c1-4-20-18-35-15-9-24(20)31-22-8-10-26(17-22,19(2)3)25(34)33-13-11-32(12-14-33)23-7-5-6-21(16-23)27(28,29)30/h5-7,16,19-20,22,24,31H,4,8-15,17-18H2,1-3H3/t20?,22-,24?,26+/m1/s1.